The third-order valence-electron chi connectivity index (χ3n) is 5.31. The zero-order chi connectivity index (χ0) is 17.3. The number of nitrogens with one attached hydrogen (secondary N) is 2. The van der Waals surface area contributed by atoms with Crippen molar-refractivity contribution in [3.8, 4) is 0 Å². The zero-order valence-electron chi connectivity index (χ0n) is 15.5. The van der Waals surface area contributed by atoms with Crippen molar-refractivity contribution < 1.29 is 0 Å². The third kappa shape index (κ3) is 5.69. The maximum absolute atomic E-state index is 3.81. The highest BCUT2D eigenvalue weighted by Gasteiger charge is 2.24. The Hall–Kier alpha value is -1.64. The first-order chi connectivity index (χ1) is 12.3. The summed E-state index contributed by atoms with van der Waals surface area (Å²) in [5.41, 5.74) is 4.22. The summed E-state index contributed by atoms with van der Waals surface area (Å²) in [6.07, 6.45) is 7.64. The van der Waals surface area contributed by atoms with Crippen molar-refractivity contribution >= 4 is 0 Å². The topological polar surface area (TPSA) is 24.1 Å². The predicted octanol–water partition coefficient (Wildman–Crippen LogP) is 4.83. The van der Waals surface area contributed by atoms with Gasteiger partial charge in [0.15, 0.2) is 0 Å². The highest BCUT2D eigenvalue weighted by molar-refractivity contribution is 5.22. The fourth-order valence-electron chi connectivity index (χ4n) is 3.83. The van der Waals surface area contributed by atoms with E-state index in [4.69, 9.17) is 0 Å². The van der Waals surface area contributed by atoms with Crippen LogP contribution in [0.2, 0.25) is 0 Å². The van der Waals surface area contributed by atoms with Crippen LogP contribution in [0.1, 0.15) is 55.7 Å². The Morgan fingerprint density at radius 1 is 0.720 bits per heavy atom. The summed E-state index contributed by atoms with van der Waals surface area (Å²) in [7, 11) is 0. The molecule has 1 aliphatic carbocycles. The molecule has 25 heavy (non-hydrogen) atoms. The summed E-state index contributed by atoms with van der Waals surface area (Å²) >= 11 is 0. The molecule has 1 saturated carbocycles. The van der Waals surface area contributed by atoms with Crippen LogP contribution in [0, 0.1) is 0 Å². The average molecular weight is 337 g/mol. The fourth-order valence-corrected chi connectivity index (χ4v) is 3.83. The fraction of sp³-hybridized carbons (Fsp3) is 0.478. The van der Waals surface area contributed by atoms with E-state index in [2.05, 4.69) is 72.2 Å². The number of hydrogen-bond acceptors (Lipinski definition) is 2. The molecule has 2 aromatic carbocycles. The van der Waals surface area contributed by atoms with Crippen molar-refractivity contribution in [2.24, 2.45) is 0 Å². The highest BCUT2D eigenvalue weighted by Crippen LogP contribution is 2.20. The smallest absolute Gasteiger partial charge is 0.0224 e. The van der Waals surface area contributed by atoms with Gasteiger partial charge in [0.25, 0.3) is 0 Å². The van der Waals surface area contributed by atoms with Gasteiger partial charge in [-0.1, -0.05) is 80.8 Å². The molecule has 0 radical (unpaired) electrons. The Labute approximate surface area is 153 Å². The molecule has 1 fully saturated rings. The van der Waals surface area contributed by atoms with Crippen LogP contribution in [0.5, 0.6) is 0 Å². The van der Waals surface area contributed by atoms with Crippen molar-refractivity contribution in [1.82, 2.24) is 10.6 Å². The molecular weight excluding hydrogens is 304 g/mol. The predicted molar refractivity (Wildman–Crippen MR) is 107 cm³/mol. The van der Waals surface area contributed by atoms with Gasteiger partial charge < -0.3 is 10.6 Å². The third-order valence-corrected chi connectivity index (χ3v) is 5.31. The molecule has 2 atom stereocenters. The standard InChI is InChI=1S/C23H32N2/c1-2-8-19-13-15-21(16-14-19)18-25-23-12-7-6-11-22(23)24-17-20-9-4-3-5-10-20/h3-5,9-10,13-16,22-25H,2,6-8,11-12,17-18H2,1H3. The van der Waals surface area contributed by atoms with Crippen molar-refractivity contribution in [2.45, 2.75) is 70.6 Å². The van der Waals surface area contributed by atoms with Gasteiger partial charge in [-0.25, -0.2) is 0 Å². The van der Waals surface area contributed by atoms with Crippen molar-refractivity contribution in [3.63, 3.8) is 0 Å². The van der Waals surface area contributed by atoms with Gasteiger partial charge in [0.05, 0.1) is 0 Å². The molecule has 0 saturated heterocycles. The van der Waals surface area contributed by atoms with Crippen LogP contribution in [0.3, 0.4) is 0 Å². The first-order valence-corrected chi connectivity index (χ1v) is 9.93. The van der Waals surface area contributed by atoms with Crippen LogP contribution in [0.4, 0.5) is 0 Å². The summed E-state index contributed by atoms with van der Waals surface area (Å²) in [6.45, 7) is 4.18. The molecule has 2 aromatic rings. The normalized spacial score (nSPS) is 20.5. The Morgan fingerprint density at radius 3 is 1.80 bits per heavy atom. The molecule has 2 heteroatoms. The largest absolute Gasteiger partial charge is 0.308 e. The summed E-state index contributed by atoms with van der Waals surface area (Å²) < 4.78 is 0. The van der Waals surface area contributed by atoms with E-state index >= 15 is 0 Å². The molecule has 3 rings (SSSR count). The second-order valence-corrected chi connectivity index (χ2v) is 7.31. The Kier molecular flexibility index (Phi) is 7.08. The van der Waals surface area contributed by atoms with Crippen LogP contribution in [-0.2, 0) is 19.5 Å². The SMILES string of the molecule is CCCc1ccc(CNC2CCCCC2NCc2ccccc2)cc1. The second-order valence-electron chi connectivity index (χ2n) is 7.31. The second kappa shape index (κ2) is 9.74. The maximum Gasteiger partial charge on any atom is 0.0224 e. The van der Waals surface area contributed by atoms with E-state index in [0.29, 0.717) is 12.1 Å². The van der Waals surface area contributed by atoms with Gasteiger partial charge in [0.2, 0.25) is 0 Å². The Balaban J connectivity index is 1.50. The molecule has 2 unspecified atom stereocenters. The van der Waals surface area contributed by atoms with E-state index < -0.39 is 0 Å². The Morgan fingerprint density at radius 2 is 1.24 bits per heavy atom. The maximum atomic E-state index is 3.81. The van der Waals surface area contributed by atoms with E-state index in [9.17, 15) is 0 Å². The lowest BCUT2D eigenvalue weighted by atomic mass is 9.90. The molecule has 0 heterocycles. The van der Waals surface area contributed by atoms with Gasteiger partial charge >= 0.3 is 0 Å². The van der Waals surface area contributed by atoms with E-state index in [-0.39, 0.29) is 0 Å². The summed E-state index contributed by atoms with van der Waals surface area (Å²) in [6, 6.07) is 21.0. The van der Waals surface area contributed by atoms with Gasteiger partial charge in [-0.2, -0.15) is 0 Å². The van der Waals surface area contributed by atoms with Gasteiger partial charge in [-0.3, -0.25) is 0 Å². The number of rotatable bonds is 8. The molecule has 2 nitrogen and oxygen atoms in total. The van der Waals surface area contributed by atoms with E-state index in [1.54, 1.807) is 0 Å². The Bertz CT molecular complexity index is 606. The molecule has 0 spiro atoms. The number of aryl methyl sites for hydroxylation is 1. The lowest BCUT2D eigenvalue weighted by Crippen LogP contribution is -2.49. The molecular formula is C23H32N2. The van der Waals surface area contributed by atoms with Crippen LogP contribution in [0.25, 0.3) is 0 Å². The van der Waals surface area contributed by atoms with E-state index in [1.807, 2.05) is 0 Å². The minimum absolute atomic E-state index is 0.577. The minimum Gasteiger partial charge on any atom is -0.308 e. The zero-order valence-corrected chi connectivity index (χ0v) is 15.5. The van der Waals surface area contributed by atoms with Gasteiger partial charge in [0, 0.05) is 25.2 Å². The average Bonchev–Trinajstić information content (AvgIpc) is 2.67. The van der Waals surface area contributed by atoms with Gasteiger partial charge in [0.1, 0.15) is 0 Å². The molecule has 0 aliphatic heterocycles. The first kappa shape index (κ1) is 18.2. The van der Waals surface area contributed by atoms with Crippen molar-refractivity contribution in [1.29, 1.82) is 0 Å². The molecule has 0 amide bonds. The quantitative estimate of drug-likeness (QED) is 0.721. The van der Waals surface area contributed by atoms with E-state index in [1.165, 1.54) is 55.2 Å². The van der Waals surface area contributed by atoms with Gasteiger partial charge in [-0.05, 0) is 36.0 Å². The molecule has 0 aromatic heterocycles. The number of hydrogen-bond donors (Lipinski definition) is 2. The lowest BCUT2D eigenvalue weighted by molar-refractivity contribution is 0.281. The minimum atomic E-state index is 0.577. The summed E-state index contributed by atoms with van der Waals surface area (Å²) in [5, 5.41) is 7.60. The number of benzene rings is 2. The lowest BCUT2D eigenvalue weighted by Gasteiger charge is -2.33. The molecule has 1 aliphatic rings. The van der Waals surface area contributed by atoms with Crippen LogP contribution < -0.4 is 10.6 Å². The summed E-state index contributed by atoms with van der Waals surface area (Å²) in [5.74, 6) is 0. The molecule has 0 bridgehead atoms. The monoisotopic (exact) mass is 336 g/mol. The molecule has 134 valence electrons. The van der Waals surface area contributed by atoms with Gasteiger partial charge in [-0.15, -0.1) is 0 Å². The van der Waals surface area contributed by atoms with Crippen LogP contribution in [0.15, 0.2) is 54.6 Å². The molecule has 2 N–H and O–H groups in total. The summed E-state index contributed by atoms with van der Waals surface area (Å²) in [4.78, 5) is 0. The van der Waals surface area contributed by atoms with Crippen molar-refractivity contribution in [2.75, 3.05) is 0 Å². The van der Waals surface area contributed by atoms with Crippen LogP contribution in [-0.4, -0.2) is 12.1 Å². The van der Waals surface area contributed by atoms with E-state index in [0.717, 1.165) is 13.1 Å². The highest BCUT2D eigenvalue weighted by atomic mass is 15.0. The first-order valence-electron chi connectivity index (χ1n) is 9.93. The van der Waals surface area contributed by atoms with Crippen molar-refractivity contribution in [3.05, 3.63) is 71.3 Å². The van der Waals surface area contributed by atoms with Crippen LogP contribution >= 0.6 is 0 Å².